The van der Waals surface area contributed by atoms with Crippen LogP contribution in [0, 0.1) is 0 Å². The van der Waals surface area contributed by atoms with Gasteiger partial charge in [-0.25, -0.2) is 13.6 Å². The third-order valence-corrected chi connectivity index (χ3v) is 3.14. The van der Waals surface area contributed by atoms with Gasteiger partial charge in [0, 0.05) is 18.8 Å². The van der Waals surface area contributed by atoms with Crippen molar-refractivity contribution in [1.82, 2.24) is 0 Å². The van der Waals surface area contributed by atoms with Crippen molar-refractivity contribution >= 4 is 15.7 Å². The second-order valence-corrected chi connectivity index (χ2v) is 5.25. The van der Waals surface area contributed by atoms with Gasteiger partial charge in [-0.15, -0.1) is 0 Å². The van der Waals surface area contributed by atoms with Crippen LogP contribution in [-0.4, -0.2) is 39.9 Å². The van der Waals surface area contributed by atoms with Gasteiger partial charge in [0.1, 0.15) is 0 Å². The zero-order chi connectivity index (χ0) is 13.4. The standard InChI is InChI=1S/C11H18N2O4S/c12-18(15,16)11-4-2-10(3-5-11)13-6-1-8-17-9-7-14/h2-5,13-14H,1,6-9H2,(H2,12,15,16). The topological polar surface area (TPSA) is 102 Å². The van der Waals surface area contributed by atoms with Crippen LogP contribution in [0.2, 0.25) is 0 Å². The van der Waals surface area contributed by atoms with Crippen molar-refractivity contribution in [3.63, 3.8) is 0 Å². The van der Waals surface area contributed by atoms with Crippen LogP contribution in [0.25, 0.3) is 0 Å². The van der Waals surface area contributed by atoms with E-state index < -0.39 is 10.0 Å². The lowest BCUT2D eigenvalue weighted by molar-refractivity contribution is 0.0922. The van der Waals surface area contributed by atoms with Crippen LogP contribution in [0.15, 0.2) is 29.2 Å². The molecule has 0 saturated carbocycles. The molecule has 0 unspecified atom stereocenters. The molecule has 1 rings (SSSR count). The monoisotopic (exact) mass is 274 g/mol. The fourth-order valence-electron chi connectivity index (χ4n) is 1.34. The van der Waals surface area contributed by atoms with Crippen molar-refractivity contribution in [2.24, 2.45) is 5.14 Å². The van der Waals surface area contributed by atoms with Gasteiger partial charge in [-0.05, 0) is 30.7 Å². The quantitative estimate of drug-likeness (QED) is 0.585. The fraction of sp³-hybridized carbons (Fsp3) is 0.455. The number of aliphatic hydroxyl groups is 1. The Kier molecular flexibility index (Phi) is 6.06. The average molecular weight is 274 g/mol. The number of hydrogen-bond donors (Lipinski definition) is 3. The van der Waals surface area contributed by atoms with E-state index in [0.717, 1.165) is 12.1 Å². The first kappa shape index (κ1) is 14.9. The molecule has 0 bridgehead atoms. The first-order chi connectivity index (χ1) is 8.54. The van der Waals surface area contributed by atoms with Crippen molar-refractivity contribution in [2.75, 3.05) is 31.7 Å². The van der Waals surface area contributed by atoms with Crippen molar-refractivity contribution in [3.05, 3.63) is 24.3 Å². The second kappa shape index (κ2) is 7.32. The van der Waals surface area contributed by atoms with Gasteiger partial charge in [-0.1, -0.05) is 0 Å². The Balaban J connectivity index is 2.32. The molecule has 7 heteroatoms. The molecule has 0 heterocycles. The Labute approximate surface area is 107 Å². The maximum atomic E-state index is 11.0. The maximum absolute atomic E-state index is 11.0. The van der Waals surface area contributed by atoms with Crippen LogP contribution in [-0.2, 0) is 14.8 Å². The number of rotatable bonds is 8. The van der Waals surface area contributed by atoms with Crippen molar-refractivity contribution < 1.29 is 18.3 Å². The smallest absolute Gasteiger partial charge is 0.238 e. The van der Waals surface area contributed by atoms with Gasteiger partial charge in [0.05, 0.1) is 18.1 Å². The summed E-state index contributed by atoms with van der Waals surface area (Å²) in [5, 5.41) is 16.6. The summed E-state index contributed by atoms with van der Waals surface area (Å²) >= 11 is 0. The van der Waals surface area contributed by atoms with E-state index in [4.69, 9.17) is 15.0 Å². The predicted octanol–water partition coefficient (Wildman–Crippen LogP) is 0.145. The van der Waals surface area contributed by atoms with E-state index in [1.807, 2.05) is 0 Å². The number of nitrogens with two attached hydrogens (primary N) is 1. The third kappa shape index (κ3) is 5.46. The molecule has 6 nitrogen and oxygen atoms in total. The minimum absolute atomic E-state index is 0.0302. The van der Waals surface area contributed by atoms with E-state index in [1.165, 1.54) is 12.1 Å². The van der Waals surface area contributed by atoms with Crippen LogP contribution >= 0.6 is 0 Å². The number of sulfonamides is 1. The molecule has 0 radical (unpaired) electrons. The molecule has 0 aromatic heterocycles. The van der Waals surface area contributed by atoms with E-state index in [2.05, 4.69) is 5.32 Å². The molecule has 0 fully saturated rings. The lowest BCUT2D eigenvalue weighted by Gasteiger charge is -2.07. The summed E-state index contributed by atoms with van der Waals surface area (Å²) in [6.07, 6.45) is 0.803. The van der Waals surface area contributed by atoms with Crippen LogP contribution in [0.5, 0.6) is 0 Å². The SMILES string of the molecule is NS(=O)(=O)c1ccc(NCCCOCCO)cc1. The van der Waals surface area contributed by atoms with Gasteiger partial charge in [0.25, 0.3) is 0 Å². The van der Waals surface area contributed by atoms with Gasteiger partial charge in [0.2, 0.25) is 10.0 Å². The van der Waals surface area contributed by atoms with E-state index in [9.17, 15) is 8.42 Å². The summed E-state index contributed by atoms with van der Waals surface area (Å²) in [6, 6.07) is 6.24. The molecule has 0 aliphatic carbocycles. The van der Waals surface area contributed by atoms with Crippen molar-refractivity contribution in [1.29, 1.82) is 0 Å². The highest BCUT2D eigenvalue weighted by molar-refractivity contribution is 7.89. The van der Waals surface area contributed by atoms with Crippen LogP contribution < -0.4 is 10.5 Å². The number of primary sulfonamides is 1. The molecule has 1 aromatic carbocycles. The van der Waals surface area contributed by atoms with E-state index >= 15 is 0 Å². The van der Waals surface area contributed by atoms with Gasteiger partial charge in [-0.2, -0.15) is 0 Å². The molecule has 0 saturated heterocycles. The largest absolute Gasteiger partial charge is 0.394 e. The number of nitrogens with one attached hydrogen (secondary N) is 1. The Hall–Kier alpha value is -1.15. The van der Waals surface area contributed by atoms with Gasteiger partial charge >= 0.3 is 0 Å². The summed E-state index contributed by atoms with van der Waals surface area (Å²) in [5.74, 6) is 0. The summed E-state index contributed by atoms with van der Waals surface area (Å²) < 4.78 is 27.1. The van der Waals surface area contributed by atoms with Crippen LogP contribution in [0.3, 0.4) is 0 Å². The Morgan fingerprint density at radius 1 is 1.22 bits per heavy atom. The first-order valence-electron chi connectivity index (χ1n) is 5.59. The van der Waals surface area contributed by atoms with Crippen LogP contribution in [0.4, 0.5) is 5.69 Å². The molecule has 102 valence electrons. The average Bonchev–Trinajstić information content (AvgIpc) is 2.33. The summed E-state index contributed by atoms with van der Waals surface area (Å²) in [5.41, 5.74) is 0.824. The normalized spacial score (nSPS) is 11.4. The molecular formula is C11H18N2O4S. The predicted molar refractivity (Wildman–Crippen MR) is 68.8 cm³/mol. The molecule has 0 aliphatic rings. The molecule has 1 aromatic rings. The molecule has 4 N–H and O–H groups in total. The lowest BCUT2D eigenvalue weighted by atomic mass is 10.3. The number of anilines is 1. The molecule has 0 atom stereocenters. The number of ether oxygens (including phenoxy) is 1. The highest BCUT2D eigenvalue weighted by Crippen LogP contribution is 2.12. The Morgan fingerprint density at radius 3 is 2.44 bits per heavy atom. The lowest BCUT2D eigenvalue weighted by Crippen LogP contribution is -2.12. The highest BCUT2D eigenvalue weighted by Gasteiger charge is 2.06. The summed E-state index contributed by atoms with van der Waals surface area (Å²) in [4.78, 5) is 0.0966. The van der Waals surface area contributed by atoms with Gasteiger partial charge in [-0.3, -0.25) is 0 Å². The van der Waals surface area contributed by atoms with E-state index in [1.54, 1.807) is 12.1 Å². The Morgan fingerprint density at radius 2 is 1.89 bits per heavy atom. The zero-order valence-electron chi connectivity index (χ0n) is 10.0. The summed E-state index contributed by atoms with van der Waals surface area (Å²) in [6.45, 7) is 1.66. The first-order valence-corrected chi connectivity index (χ1v) is 7.14. The minimum atomic E-state index is -3.63. The van der Waals surface area contributed by atoms with E-state index in [0.29, 0.717) is 19.8 Å². The van der Waals surface area contributed by atoms with Crippen molar-refractivity contribution in [3.8, 4) is 0 Å². The zero-order valence-corrected chi connectivity index (χ0v) is 10.8. The Bertz CT molecular complexity index is 445. The van der Waals surface area contributed by atoms with Gasteiger partial charge in [0.15, 0.2) is 0 Å². The molecule has 0 aliphatic heterocycles. The molecular weight excluding hydrogens is 256 g/mol. The van der Waals surface area contributed by atoms with Crippen molar-refractivity contribution in [2.45, 2.75) is 11.3 Å². The number of hydrogen-bond acceptors (Lipinski definition) is 5. The maximum Gasteiger partial charge on any atom is 0.238 e. The highest BCUT2D eigenvalue weighted by atomic mass is 32.2. The van der Waals surface area contributed by atoms with Gasteiger partial charge < -0.3 is 15.2 Å². The number of aliphatic hydroxyl groups excluding tert-OH is 1. The van der Waals surface area contributed by atoms with E-state index in [-0.39, 0.29) is 11.5 Å². The second-order valence-electron chi connectivity index (χ2n) is 3.69. The third-order valence-electron chi connectivity index (χ3n) is 2.21. The minimum Gasteiger partial charge on any atom is -0.394 e. The molecule has 0 amide bonds. The molecule has 0 spiro atoms. The fourth-order valence-corrected chi connectivity index (χ4v) is 1.85. The number of benzene rings is 1. The van der Waals surface area contributed by atoms with Crippen LogP contribution in [0.1, 0.15) is 6.42 Å². The summed E-state index contributed by atoms with van der Waals surface area (Å²) in [7, 11) is -3.63. The molecule has 18 heavy (non-hydrogen) atoms.